The summed E-state index contributed by atoms with van der Waals surface area (Å²) in [7, 11) is 0. The second-order valence-corrected chi connectivity index (χ2v) is 7.06. The van der Waals surface area contributed by atoms with Gasteiger partial charge in [-0.3, -0.25) is 9.59 Å². The van der Waals surface area contributed by atoms with Gasteiger partial charge in [0.15, 0.2) is 0 Å². The molecule has 2 amide bonds. The Balaban J connectivity index is 1.54. The Hall–Kier alpha value is -2.73. The summed E-state index contributed by atoms with van der Waals surface area (Å²) in [6.07, 6.45) is 4.56. The van der Waals surface area contributed by atoms with Crippen LogP contribution in [0.2, 0.25) is 0 Å². The zero-order valence-electron chi connectivity index (χ0n) is 15.1. The summed E-state index contributed by atoms with van der Waals surface area (Å²) in [5.41, 5.74) is 7.37. The molecule has 0 unspecified atom stereocenters. The van der Waals surface area contributed by atoms with Crippen molar-refractivity contribution in [3.05, 3.63) is 65.5 Å². The molecule has 27 heavy (non-hydrogen) atoms. The molecule has 1 aliphatic carbocycles. The third kappa shape index (κ3) is 4.92. The first-order valence-corrected chi connectivity index (χ1v) is 9.19. The van der Waals surface area contributed by atoms with Gasteiger partial charge in [-0.15, -0.1) is 0 Å². The van der Waals surface area contributed by atoms with Gasteiger partial charge in [0.1, 0.15) is 5.82 Å². The van der Waals surface area contributed by atoms with Gasteiger partial charge in [-0.2, -0.15) is 0 Å². The van der Waals surface area contributed by atoms with Crippen LogP contribution in [0.5, 0.6) is 0 Å². The number of hydrogen-bond donors (Lipinski definition) is 3. The monoisotopic (exact) mass is 369 g/mol. The van der Waals surface area contributed by atoms with Crippen LogP contribution in [0.1, 0.15) is 48.0 Å². The molecule has 0 radical (unpaired) electrons. The molecule has 3 rings (SSSR count). The number of hydrogen-bond acceptors (Lipinski definition) is 3. The molecule has 1 aliphatic rings. The van der Waals surface area contributed by atoms with Crippen molar-refractivity contribution in [3.63, 3.8) is 0 Å². The van der Waals surface area contributed by atoms with Crippen LogP contribution in [-0.2, 0) is 11.3 Å². The van der Waals surface area contributed by atoms with Crippen molar-refractivity contribution in [1.29, 1.82) is 0 Å². The highest BCUT2D eigenvalue weighted by Gasteiger charge is 2.34. The number of halogens is 1. The Morgan fingerprint density at radius 3 is 2.22 bits per heavy atom. The summed E-state index contributed by atoms with van der Waals surface area (Å²) in [5.74, 6) is -0.743. The first kappa shape index (κ1) is 19.0. The summed E-state index contributed by atoms with van der Waals surface area (Å²) < 4.78 is 12.9. The highest BCUT2D eigenvalue weighted by molar-refractivity contribution is 6.04. The number of nitrogens with one attached hydrogen (secondary N) is 2. The lowest BCUT2D eigenvalue weighted by atomic mass is 9.82. The lowest BCUT2D eigenvalue weighted by molar-refractivity contribution is -0.127. The highest BCUT2D eigenvalue weighted by Crippen LogP contribution is 2.26. The van der Waals surface area contributed by atoms with Gasteiger partial charge in [-0.1, -0.05) is 31.4 Å². The van der Waals surface area contributed by atoms with E-state index in [0.717, 1.165) is 37.7 Å². The van der Waals surface area contributed by atoms with Crippen molar-refractivity contribution >= 4 is 17.5 Å². The topological polar surface area (TPSA) is 84.2 Å². The van der Waals surface area contributed by atoms with Crippen LogP contribution < -0.4 is 16.4 Å². The van der Waals surface area contributed by atoms with E-state index in [2.05, 4.69) is 10.6 Å². The fourth-order valence-electron chi connectivity index (χ4n) is 3.28. The third-order valence-electron chi connectivity index (χ3n) is 4.97. The average molecular weight is 369 g/mol. The molecule has 1 fully saturated rings. The lowest BCUT2D eigenvalue weighted by Gasteiger charge is -2.31. The smallest absolute Gasteiger partial charge is 0.255 e. The second kappa shape index (κ2) is 8.31. The van der Waals surface area contributed by atoms with Crippen molar-refractivity contribution in [2.75, 3.05) is 5.32 Å². The molecule has 0 aromatic heterocycles. The normalized spacial score (nSPS) is 15.8. The standard InChI is InChI=1S/C21H24FN3O2/c22-17-8-10-18(11-9-17)25-19(26)16-6-4-15(5-7-16)14-24-20(27)21(23)12-2-1-3-13-21/h4-11H,1-3,12-14,23H2,(H,24,27)(H,25,26). The van der Waals surface area contributed by atoms with Gasteiger partial charge >= 0.3 is 0 Å². The van der Waals surface area contributed by atoms with Crippen LogP contribution in [0.3, 0.4) is 0 Å². The predicted molar refractivity (Wildman–Crippen MR) is 103 cm³/mol. The van der Waals surface area contributed by atoms with Crippen molar-refractivity contribution in [2.45, 2.75) is 44.2 Å². The number of amides is 2. The Morgan fingerprint density at radius 2 is 1.59 bits per heavy atom. The predicted octanol–water partition coefficient (Wildman–Crippen LogP) is 3.36. The summed E-state index contributed by atoms with van der Waals surface area (Å²) in [6.45, 7) is 0.373. The SMILES string of the molecule is NC1(C(=O)NCc2ccc(C(=O)Nc3ccc(F)cc3)cc2)CCCCC1. The summed E-state index contributed by atoms with van der Waals surface area (Å²) in [5, 5.41) is 5.61. The van der Waals surface area contributed by atoms with Crippen molar-refractivity contribution in [1.82, 2.24) is 5.32 Å². The molecular formula is C21H24FN3O2. The molecular weight excluding hydrogens is 345 g/mol. The van der Waals surface area contributed by atoms with Gasteiger partial charge in [0.05, 0.1) is 5.54 Å². The summed E-state index contributed by atoms with van der Waals surface area (Å²) >= 11 is 0. The van der Waals surface area contributed by atoms with Crippen LogP contribution in [0.4, 0.5) is 10.1 Å². The molecule has 4 N–H and O–H groups in total. The summed E-state index contributed by atoms with van der Waals surface area (Å²) in [4.78, 5) is 24.6. The van der Waals surface area contributed by atoms with Crippen LogP contribution >= 0.6 is 0 Å². The first-order chi connectivity index (χ1) is 13.0. The minimum Gasteiger partial charge on any atom is -0.350 e. The lowest BCUT2D eigenvalue weighted by Crippen LogP contribution is -2.54. The van der Waals surface area contributed by atoms with E-state index in [1.807, 2.05) is 0 Å². The third-order valence-corrected chi connectivity index (χ3v) is 4.97. The van der Waals surface area contributed by atoms with Crippen LogP contribution in [0.25, 0.3) is 0 Å². The highest BCUT2D eigenvalue weighted by atomic mass is 19.1. The number of rotatable bonds is 5. The Morgan fingerprint density at radius 1 is 0.963 bits per heavy atom. The van der Waals surface area contributed by atoms with Gasteiger partial charge < -0.3 is 16.4 Å². The molecule has 0 heterocycles. The molecule has 1 saturated carbocycles. The van der Waals surface area contributed by atoms with E-state index in [0.29, 0.717) is 17.8 Å². The maximum atomic E-state index is 12.9. The van der Waals surface area contributed by atoms with Crippen molar-refractivity contribution in [2.24, 2.45) is 5.73 Å². The van der Waals surface area contributed by atoms with Gasteiger partial charge in [-0.25, -0.2) is 4.39 Å². The molecule has 2 aromatic carbocycles. The van der Waals surface area contributed by atoms with Gasteiger partial charge in [0.25, 0.3) is 5.91 Å². The van der Waals surface area contributed by atoms with Crippen LogP contribution in [0, 0.1) is 5.82 Å². The fraction of sp³-hybridized carbons (Fsp3) is 0.333. The van der Waals surface area contributed by atoms with Crippen molar-refractivity contribution < 1.29 is 14.0 Å². The van der Waals surface area contributed by atoms with Gasteiger partial charge in [-0.05, 0) is 54.8 Å². The van der Waals surface area contributed by atoms with E-state index >= 15 is 0 Å². The molecule has 6 heteroatoms. The quantitative estimate of drug-likeness (QED) is 0.756. The molecule has 0 atom stereocenters. The van der Waals surface area contributed by atoms with E-state index in [1.54, 1.807) is 24.3 Å². The van der Waals surface area contributed by atoms with Crippen LogP contribution in [-0.4, -0.2) is 17.4 Å². The van der Waals surface area contributed by atoms with E-state index in [9.17, 15) is 14.0 Å². The van der Waals surface area contributed by atoms with Crippen LogP contribution in [0.15, 0.2) is 48.5 Å². The Labute approximate surface area is 158 Å². The largest absolute Gasteiger partial charge is 0.350 e. The average Bonchev–Trinajstić information content (AvgIpc) is 2.69. The minimum absolute atomic E-state index is 0.111. The Kier molecular flexibility index (Phi) is 5.86. The number of carbonyl (C=O) groups is 2. The molecule has 0 aliphatic heterocycles. The van der Waals surface area contributed by atoms with E-state index < -0.39 is 5.54 Å². The molecule has 0 saturated heterocycles. The number of nitrogens with two attached hydrogens (primary N) is 1. The number of carbonyl (C=O) groups excluding carboxylic acids is 2. The number of benzene rings is 2. The second-order valence-electron chi connectivity index (χ2n) is 7.06. The molecule has 5 nitrogen and oxygen atoms in total. The summed E-state index contributed by atoms with van der Waals surface area (Å²) in [6, 6.07) is 12.6. The fourth-order valence-corrected chi connectivity index (χ4v) is 3.28. The molecule has 0 spiro atoms. The zero-order chi connectivity index (χ0) is 19.3. The van der Waals surface area contributed by atoms with Gasteiger partial charge in [0.2, 0.25) is 5.91 Å². The Bertz CT molecular complexity index is 797. The molecule has 0 bridgehead atoms. The van der Waals surface area contributed by atoms with Crippen molar-refractivity contribution in [3.8, 4) is 0 Å². The molecule has 2 aromatic rings. The molecule has 142 valence electrons. The number of anilines is 1. The van der Waals surface area contributed by atoms with Gasteiger partial charge in [0, 0.05) is 17.8 Å². The minimum atomic E-state index is -0.757. The van der Waals surface area contributed by atoms with E-state index in [1.165, 1.54) is 24.3 Å². The first-order valence-electron chi connectivity index (χ1n) is 9.19. The van der Waals surface area contributed by atoms with E-state index in [-0.39, 0.29) is 17.6 Å². The maximum absolute atomic E-state index is 12.9. The van der Waals surface area contributed by atoms with E-state index in [4.69, 9.17) is 5.73 Å². The maximum Gasteiger partial charge on any atom is 0.255 e. The zero-order valence-corrected chi connectivity index (χ0v) is 15.1.